The van der Waals surface area contributed by atoms with Crippen molar-refractivity contribution in [3.05, 3.63) is 74.6 Å². The normalized spacial score (nSPS) is 19.1. The number of ether oxygens (including phenoxy) is 1. The van der Waals surface area contributed by atoms with Gasteiger partial charge in [0.2, 0.25) is 5.13 Å². The van der Waals surface area contributed by atoms with Gasteiger partial charge in [0.15, 0.2) is 5.17 Å². The van der Waals surface area contributed by atoms with Gasteiger partial charge in [-0.1, -0.05) is 72.5 Å². The van der Waals surface area contributed by atoms with Gasteiger partial charge in [-0.2, -0.15) is 4.99 Å². The second-order valence-corrected chi connectivity index (χ2v) is 11.1. The van der Waals surface area contributed by atoms with Crippen LogP contribution >= 0.6 is 34.7 Å². The number of carbonyl (C=O) groups is 1. The average molecular weight is 525 g/mol. The molecule has 0 bridgehead atoms. The summed E-state index contributed by atoms with van der Waals surface area (Å²) >= 11 is 9.06. The van der Waals surface area contributed by atoms with Gasteiger partial charge in [0.25, 0.3) is 5.91 Å². The van der Waals surface area contributed by atoms with E-state index in [1.807, 2.05) is 66.4 Å². The van der Waals surface area contributed by atoms with Crippen LogP contribution in [0.1, 0.15) is 48.2 Å². The minimum atomic E-state index is 0.0148. The van der Waals surface area contributed by atoms with Crippen molar-refractivity contribution in [1.29, 1.82) is 0 Å². The number of carbonyl (C=O) groups excluding carboxylic acids is 1. The van der Waals surface area contributed by atoms with Gasteiger partial charge in [0, 0.05) is 16.6 Å². The van der Waals surface area contributed by atoms with Gasteiger partial charge < -0.3 is 4.74 Å². The van der Waals surface area contributed by atoms with Crippen LogP contribution in [0.5, 0.6) is 5.75 Å². The van der Waals surface area contributed by atoms with Crippen molar-refractivity contribution >= 4 is 57.0 Å². The maximum atomic E-state index is 13.5. The second kappa shape index (κ2) is 10.9. The number of amides is 1. The Bertz CT molecular complexity index is 1270. The van der Waals surface area contributed by atoms with Crippen LogP contribution in [-0.4, -0.2) is 32.2 Å². The molecular formula is C26H25ClN4O2S2. The van der Waals surface area contributed by atoms with Gasteiger partial charge in [-0.15, -0.1) is 10.2 Å². The highest BCUT2D eigenvalue weighted by atomic mass is 35.5. The van der Waals surface area contributed by atoms with Crippen molar-refractivity contribution < 1.29 is 9.53 Å². The molecule has 0 radical (unpaired) electrons. The number of benzene rings is 2. The van der Waals surface area contributed by atoms with Crippen LogP contribution in [-0.2, 0) is 11.4 Å². The summed E-state index contributed by atoms with van der Waals surface area (Å²) in [6, 6.07) is 15.6. The maximum absolute atomic E-state index is 13.5. The average Bonchev–Trinajstić information content (AvgIpc) is 3.42. The van der Waals surface area contributed by atoms with Crippen LogP contribution in [0.15, 0.2) is 58.4 Å². The lowest BCUT2D eigenvalue weighted by atomic mass is 9.94. The number of hydrogen-bond acceptors (Lipinski definition) is 7. The van der Waals surface area contributed by atoms with Crippen LogP contribution < -0.4 is 4.74 Å². The smallest absolute Gasteiger partial charge is 0.267 e. The third-order valence-corrected chi connectivity index (χ3v) is 8.10. The predicted molar refractivity (Wildman–Crippen MR) is 143 cm³/mol. The van der Waals surface area contributed by atoms with E-state index >= 15 is 0 Å². The zero-order chi connectivity index (χ0) is 24.2. The number of aryl methyl sites for hydroxylation is 1. The number of aliphatic imine (C=N–C) groups is 1. The molecule has 1 aliphatic carbocycles. The molecule has 3 aromatic rings. The Morgan fingerprint density at radius 1 is 1.11 bits per heavy atom. The quantitative estimate of drug-likeness (QED) is 0.324. The van der Waals surface area contributed by atoms with Gasteiger partial charge in [0.1, 0.15) is 17.4 Å². The second-order valence-electron chi connectivity index (χ2n) is 8.52. The Morgan fingerprint density at radius 2 is 1.89 bits per heavy atom. The highest BCUT2D eigenvalue weighted by molar-refractivity contribution is 8.18. The fraction of sp³-hybridized carbons (Fsp3) is 0.308. The molecule has 2 aliphatic rings. The summed E-state index contributed by atoms with van der Waals surface area (Å²) < 4.78 is 5.88. The minimum absolute atomic E-state index is 0.0148. The molecule has 2 heterocycles. The van der Waals surface area contributed by atoms with Crippen molar-refractivity contribution in [3.63, 3.8) is 0 Å². The Balaban J connectivity index is 1.34. The van der Waals surface area contributed by atoms with E-state index in [1.54, 1.807) is 0 Å². The monoisotopic (exact) mass is 524 g/mol. The van der Waals surface area contributed by atoms with Gasteiger partial charge in [-0.3, -0.25) is 9.69 Å². The number of hydrogen-bond donors (Lipinski definition) is 0. The molecule has 1 saturated carbocycles. The Hall–Kier alpha value is -2.68. The first-order valence-electron chi connectivity index (χ1n) is 11.6. The number of rotatable bonds is 6. The van der Waals surface area contributed by atoms with Gasteiger partial charge in [-0.25, -0.2) is 0 Å². The van der Waals surface area contributed by atoms with Crippen LogP contribution in [0.4, 0.5) is 5.13 Å². The standard InChI is InChI=1S/C26H25ClN4O2S2/c1-17-29-30-25(34-17)28-26-31(20-8-3-2-4-9-20)24(32)23(35-26)15-18-11-13-21(14-12-18)33-16-19-7-5-6-10-22(19)27/h5-7,10-15,20H,2-4,8-9,16H2,1H3/b23-15-,28-26+. The SMILES string of the molecule is Cc1nnc(/N=C2/S/C(=C\c3ccc(OCc4ccccc4Cl)cc3)C(=O)N2C2CCCCC2)s1. The molecule has 0 N–H and O–H groups in total. The Kier molecular flexibility index (Phi) is 7.51. The van der Waals surface area contributed by atoms with E-state index in [-0.39, 0.29) is 11.9 Å². The number of aromatic nitrogens is 2. The molecule has 2 fully saturated rings. The molecule has 1 amide bonds. The molecule has 180 valence electrons. The summed E-state index contributed by atoms with van der Waals surface area (Å²) in [5.41, 5.74) is 1.87. The Labute approximate surface area is 218 Å². The van der Waals surface area contributed by atoms with E-state index < -0.39 is 0 Å². The van der Waals surface area contributed by atoms with Crippen molar-refractivity contribution in [1.82, 2.24) is 15.1 Å². The fourth-order valence-corrected chi connectivity index (χ4v) is 6.07. The molecule has 1 aromatic heterocycles. The number of halogens is 1. The van der Waals surface area contributed by atoms with Gasteiger partial charge in [-0.05, 0) is 61.4 Å². The molecule has 0 unspecified atom stereocenters. The van der Waals surface area contributed by atoms with Crippen LogP contribution in [0.3, 0.4) is 0 Å². The number of nitrogens with zero attached hydrogens (tertiary/aromatic N) is 4. The summed E-state index contributed by atoms with van der Waals surface area (Å²) in [4.78, 5) is 20.7. The number of amidine groups is 1. The Morgan fingerprint density at radius 3 is 2.60 bits per heavy atom. The largest absolute Gasteiger partial charge is 0.489 e. The zero-order valence-electron chi connectivity index (χ0n) is 19.3. The molecule has 6 nitrogen and oxygen atoms in total. The molecular weight excluding hydrogens is 500 g/mol. The first kappa shape index (κ1) is 24.0. The maximum Gasteiger partial charge on any atom is 0.267 e. The lowest BCUT2D eigenvalue weighted by Gasteiger charge is -2.30. The van der Waals surface area contributed by atoms with Crippen molar-refractivity contribution in [2.45, 2.75) is 51.7 Å². The van der Waals surface area contributed by atoms with Crippen LogP contribution in [0.2, 0.25) is 5.02 Å². The van der Waals surface area contributed by atoms with Crippen molar-refractivity contribution in [3.8, 4) is 5.75 Å². The van der Waals surface area contributed by atoms with E-state index in [0.717, 1.165) is 47.6 Å². The highest BCUT2D eigenvalue weighted by Gasteiger charge is 2.38. The molecule has 9 heteroatoms. The van der Waals surface area contributed by atoms with E-state index in [9.17, 15) is 4.79 Å². The fourth-order valence-electron chi connectivity index (χ4n) is 4.23. The topological polar surface area (TPSA) is 67.7 Å². The third-order valence-electron chi connectivity index (χ3n) is 6.01. The molecule has 0 spiro atoms. The van der Waals surface area contributed by atoms with E-state index in [4.69, 9.17) is 21.3 Å². The summed E-state index contributed by atoms with van der Waals surface area (Å²) in [5.74, 6) is 0.760. The molecule has 5 rings (SSSR count). The van der Waals surface area contributed by atoms with Gasteiger partial charge >= 0.3 is 0 Å². The molecule has 2 aromatic carbocycles. The van der Waals surface area contributed by atoms with E-state index in [2.05, 4.69) is 10.2 Å². The van der Waals surface area contributed by atoms with Crippen LogP contribution in [0, 0.1) is 6.92 Å². The summed E-state index contributed by atoms with van der Waals surface area (Å²) in [7, 11) is 0. The first-order chi connectivity index (χ1) is 17.1. The molecule has 1 aliphatic heterocycles. The van der Waals surface area contributed by atoms with E-state index in [1.165, 1.54) is 29.5 Å². The summed E-state index contributed by atoms with van der Waals surface area (Å²) in [5, 5.41) is 11.0. The third kappa shape index (κ3) is 5.77. The van der Waals surface area contributed by atoms with E-state index in [0.29, 0.717) is 26.8 Å². The molecule has 1 saturated heterocycles. The van der Waals surface area contributed by atoms with Crippen molar-refractivity contribution in [2.24, 2.45) is 4.99 Å². The highest BCUT2D eigenvalue weighted by Crippen LogP contribution is 2.39. The summed E-state index contributed by atoms with van der Waals surface area (Å²) in [6.07, 6.45) is 7.43. The predicted octanol–water partition coefficient (Wildman–Crippen LogP) is 7.02. The lowest BCUT2D eigenvalue weighted by molar-refractivity contribution is -0.124. The van der Waals surface area contributed by atoms with Crippen molar-refractivity contribution in [2.75, 3.05) is 0 Å². The van der Waals surface area contributed by atoms with Gasteiger partial charge in [0.05, 0.1) is 4.91 Å². The first-order valence-corrected chi connectivity index (χ1v) is 13.7. The minimum Gasteiger partial charge on any atom is -0.489 e. The van der Waals surface area contributed by atoms with Crippen LogP contribution in [0.25, 0.3) is 6.08 Å². The lowest BCUT2D eigenvalue weighted by Crippen LogP contribution is -2.40. The zero-order valence-corrected chi connectivity index (χ0v) is 21.7. The number of thioether (sulfide) groups is 1. The molecule has 0 atom stereocenters. The molecule has 35 heavy (non-hydrogen) atoms. The summed E-state index contributed by atoms with van der Waals surface area (Å²) in [6.45, 7) is 2.30.